The van der Waals surface area contributed by atoms with E-state index in [-0.39, 0.29) is 23.6 Å². The number of carbonyl (C=O) groups is 1. The number of rotatable bonds is 8. The fourth-order valence-electron chi connectivity index (χ4n) is 4.72. The molecule has 0 bridgehead atoms. The number of hydrogen-bond donors (Lipinski definition) is 1. The van der Waals surface area contributed by atoms with Crippen molar-refractivity contribution in [3.63, 3.8) is 0 Å². The second-order valence-corrected chi connectivity index (χ2v) is 8.88. The van der Waals surface area contributed by atoms with Gasteiger partial charge in [0.25, 0.3) is 5.56 Å². The van der Waals surface area contributed by atoms with Gasteiger partial charge >= 0.3 is 0 Å². The van der Waals surface area contributed by atoms with Crippen LogP contribution in [-0.2, 0) is 11.2 Å². The van der Waals surface area contributed by atoms with Crippen molar-refractivity contribution in [2.45, 2.75) is 57.0 Å². The van der Waals surface area contributed by atoms with Gasteiger partial charge in [0.05, 0.1) is 23.2 Å². The lowest BCUT2D eigenvalue weighted by Crippen LogP contribution is -2.40. The van der Waals surface area contributed by atoms with E-state index < -0.39 is 0 Å². The number of aromatic nitrogens is 2. The zero-order chi connectivity index (χ0) is 21.9. The maximum atomic E-state index is 13.0. The van der Waals surface area contributed by atoms with E-state index in [2.05, 4.69) is 10.2 Å². The third kappa shape index (κ3) is 4.48. The van der Waals surface area contributed by atoms with Crippen LogP contribution in [0, 0.1) is 0 Å². The predicted octanol–water partition coefficient (Wildman–Crippen LogP) is 3.60. The Bertz CT molecular complexity index is 1130. The Morgan fingerprint density at radius 1 is 1.12 bits per heavy atom. The second kappa shape index (κ2) is 9.28. The number of fused-ring (bicyclic) bond motifs is 1. The number of para-hydroxylation sites is 1. The molecule has 1 saturated heterocycles. The molecule has 7 nitrogen and oxygen atoms in total. The Morgan fingerprint density at radius 2 is 1.94 bits per heavy atom. The highest BCUT2D eigenvalue weighted by Gasteiger charge is 2.29. The monoisotopic (exact) mass is 434 g/mol. The van der Waals surface area contributed by atoms with Gasteiger partial charge in [-0.05, 0) is 63.0 Å². The van der Waals surface area contributed by atoms with Crippen molar-refractivity contribution in [2.24, 2.45) is 0 Å². The Morgan fingerprint density at radius 3 is 2.69 bits per heavy atom. The van der Waals surface area contributed by atoms with Crippen molar-refractivity contribution in [1.82, 2.24) is 19.8 Å². The van der Waals surface area contributed by atoms with Gasteiger partial charge in [0, 0.05) is 25.4 Å². The van der Waals surface area contributed by atoms with Crippen LogP contribution in [-0.4, -0.2) is 40.0 Å². The molecule has 1 N–H and O–H groups in total. The molecule has 1 aliphatic carbocycles. The van der Waals surface area contributed by atoms with E-state index in [0.29, 0.717) is 36.1 Å². The van der Waals surface area contributed by atoms with Gasteiger partial charge in [-0.25, -0.2) is 4.98 Å². The van der Waals surface area contributed by atoms with Gasteiger partial charge in [-0.15, -0.1) is 0 Å². The number of piperidine rings is 1. The van der Waals surface area contributed by atoms with E-state index in [1.165, 1.54) is 19.3 Å². The SMILES string of the molecule is O=C(CCc1nc2ccccc2c(=O)n1C1CC1)NCC(c1ccco1)N1CCCCC1. The molecule has 1 amide bonds. The van der Waals surface area contributed by atoms with Gasteiger partial charge in [-0.3, -0.25) is 19.1 Å². The molecule has 2 aliphatic rings. The number of hydrogen-bond acceptors (Lipinski definition) is 5. The minimum absolute atomic E-state index is 0.0106. The molecule has 1 saturated carbocycles. The van der Waals surface area contributed by atoms with E-state index in [0.717, 1.165) is 31.7 Å². The number of nitrogens with one attached hydrogen (secondary N) is 1. The van der Waals surface area contributed by atoms with Crippen molar-refractivity contribution in [3.05, 3.63) is 64.6 Å². The summed E-state index contributed by atoms with van der Waals surface area (Å²) in [6, 6.07) is 11.6. The molecule has 1 aromatic carbocycles. The third-order valence-corrected chi connectivity index (χ3v) is 6.56. The van der Waals surface area contributed by atoms with Gasteiger partial charge in [0.15, 0.2) is 0 Å². The summed E-state index contributed by atoms with van der Waals surface area (Å²) in [4.78, 5) is 32.9. The summed E-state index contributed by atoms with van der Waals surface area (Å²) in [5.74, 6) is 1.58. The van der Waals surface area contributed by atoms with Crippen LogP contribution in [0.3, 0.4) is 0 Å². The summed E-state index contributed by atoms with van der Waals surface area (Å²) >= 11 is 0. The summed E-state index contributed by atoms with van der Waals surface area (Å²) < 4.78 is 7.49. The van der Waals surface area contributed by atoms with E-state index >= 15 is 0 Å². The minimum atomic E-state index is -0.0247. The summed E-state index contributed by atoms with van der Waals surface area (Å²) in [5, 5.41) is 3.75. The first kappa shape index (κ1) is 20.9. The average Bonchev–Trinajstić information content (AvgIpc) is 3.51. The number of benzene rings is 1. The van der Waals surface area contributed by atoms with Crippen LogP contribution in [0.25, 0.3) is 10.9 Å². The number of aryl methyl sites for hydroxylation is 1. The van der Waals surface area contributed by atoms with Crippen molar-refractivity contribution in [3.8, 4) is 0 Å². The van der Waals surface area contributed by atoms with Gasteiger partial charge in [0.2, 0.25) is 5.91 Å². The predicted molar refractivity (Wildman–Crippen MR) is 122 cm³/mol. The molecular formula is C25H30N4O3. The maximum Gasteiger partial charge on any atom is 0.261 e. The molecule has 7 heteroatoms. The Hall–Kier alpha value is -2.93. The Kier molecular flexibility index (Phi) is 6.08. The van der Waals surface area contributed by atoms with E-state index in [1.54, 1.807) is 6.26 Å². The molecule has 168 valence electrons. The molecule has 0 spiro atoms. The summed E-state index contributed by atoms with van der Waals surface area (Å²) in [7, 11) is 0. The fourth-order valence-corrected chi connectivity index (χ4v) is 4.72. The van der Waals surface area contributed by atoms with Gasteiger partial charge in [-0.1, -0.05) is 18.6 Å². The second-order valence-electron chi connectivity index (χ2n) is 8.88. The number of carbonyl (C=O) groups excluding carboxylic acids is 1. The lowest BCUT2D eigenvalue weighted by molar-refractivity contribution is -0.121. The number of amides is 1. The summed E-state index contributed by atoms with van der Waals surface area (Å²) in [5.41, 5.74) is 0.712. The fraction of sp³-hybridized carbons (Fsp3) is 0.480. The standard InChI is InChI=1S/C25H30N4O3/c30-24(26-17-21(22-9-6-16-32-22)28-14-4-1-5-15-28)13-12-23-27-20-8-3-2-7-19(20)25(31)29(23)18-10-11-18/h2-3,6-9,16,18,21H,1,4-5,10-15,17H2,(H,26,30). The molecule has 1 atom stereocenters. The Labute approximate surface area is 187 Å². The number of likely N-dealkylation sites (tertiary alicyclic amines) is 1. The van der Waals surface area contributed by atoms with Crippen molar-refractivity contribution in [1.29, 1.82) is 0 Å². The van der Waals surface area contributed by atoms with Gasteiger partial charge in [0.1, 0.15) is 11.6 Å². The average molecular weight is 435 g/mol. The summed E-state index contributed by atoms with van der Waals surface area (Å²) in [6.45, 7) is 2.57. The molecule has 1 aliphatic heterocycles. The van der Waals surface area contributed by atoms with Crippen LogP contribution >= 0.6 is 0 Å². The summed E-state index contributed by atoms with van der Waals surface area (Å²) in [6.07, 6.45) is 8.07. The topological polar surface area (TPSA) is 80.4 Å². The zero-order valence-electron chi connectivity index (χ0n) is 18.3. The van der Waals surface area contributed by atoms with Crippen molar-refractivity contribution >= 4 is 16.8 Å². The first-order chi connectivity index (χ1) is 15.7. The molecule has 0 radical (unpaired) electrons. The lowest BCUT2D eigenvalue weighted by atomic mass is 10.1. The van der Waals surface area contributed by atoms with E-state index in [4.69, 9.17) is 9.40 Å². The quantitative estimate of drug-likeness (QED) is 0.586. The highest BCUT2D eigenvalue weighted by Crippen LogP contribution is 2.35. The lowest BCUT2D eigenvalue weighted by Gasteiger charge is -2.33. The highest BCUT2D eigenvalue weighted by molar-refractivity contribution is 5.78. The van der Waals surface area contributed by atoms with Crippen molar-refractivity contribution < 1.29 is 9.21 Å². The first-order valence-electron chi connectivity index (χ1n) is 11.7. The molecule has 1 unspecified atom stereocenters. The van der Waals surface area contributed by atoms with E-state index in [9.17, 15) is 9.59 Å². The molecule has 2 fully saturated rings. The van der Waals surface area contributed by atoms with Gasteiger partial charge < -0.3 is 9.73 Å². The molecule has 32 heavy (non-hydrogen) atoms. The number of furan rings is 1. The molecule has 2 aromatic heterocycles. The molecule has 5 rings (SSSR count). The van der Waals surface area contributed by atoms with Gasteiger partial charge in [-0.2, -0.15) is 0 Å². The van der Waals surface area contributed by atoms with Crippen LogP contribution < -0.4 is 10.9 Å². The smallest absolute Gasteiger partial charge is 0.261 e. The van der Waals surface area contributed by atoms with E-state index in [1.807, 2.05) is 41.0 Å². The van der Waals surface area contributed by atoms with Crippen LogP contribution in [0.4, 0.5) is 0 Å². The van der Waals surface area contributed by atoms with Crippen LogP contribution in [0.2, 0.25) is 0 Å². The highest BCUT2D eigenvalue weighted by atomic mass is 16.3. The maximum absolute atomic E-state index is 13.0. The van der Waals surface area contributed by atoms with Crippen LogP contribution in [0.1, 0.15) is 62.2 Å². The number of nitrogens with zero attached hydrogens (tertiary/aromatic N) is 3. The third-order valence-electron chi connectivity index (χ3n) is 6.56. The molecule has 3 heterocycles. The molecular weight excluding hydrogens is 404 g/mol. The largest absolute Gasteiger partial charge is 0.468 e. The first-order valence-corrected chi connectivity index (χ1v) is 11.7. The normalized spacial score (nSPS) is 18.0. The Balaban J connectivity index is 1.26. The van der Waals surface area contributed by atoms with Crippen LogP contribution in [0.5, 0.6) is 0 Å². The zero-order valence-corrected chi connectivity index (χ0v) is 18.3. The minimum Gasteiger partial charge on any atom is -0.468 e. The van der Waals surface area contributed by atoms with Crippen LogP contribution in [0.15, 0.2) is 51.9 Å². The molecule has 3 aromatic rings. The van der Waals surface area contributed by atoms with Crippen molar-refractivity contribution in [2.75, 3.05) is 19.6 Å².